The van der Waals surface area contributed by atoms with Crippen LogP contribution in [0.5, 0.6) is 0 Å². The Hall–Kier alpha value is -4.01. The first-order chi connectivity index (χ1) is 18.4. The van der Waals surface area contributed by atoms with Crippen LogP contribution in [0.2, 0.25) is 0 Å². The molecule has 1 aromatic heterocycles. The number of thiazole rings is 1. The third-order valence-electron chi connectivity index (χ3n) is 6.29. The van der Waals surface area contributed by atoms with Crippen LogP contribution in [0.1, 0.15) is 28.4 Å². The van der Waals surface area contributed by atoms with Crippen molar-refractivity contribution in [2.24, 2.45) is 0 Å². The van der Waals surface area contributed by atoms with E-state index in [0.29, 0.717) is 22.9 Å². The third-order valence-corrected chi connectivity index (χ3v) is 9.25. The van der Waals surface area contributed by atoms with Gasteiger partial charge < -0.3 is 0 Å². The molecule has 0 radical (unpaired) electrons. The molecule has 1 amide bonds. The second-order valence-corrected chi connectivity index (χ2v) is 11.7. The summed E-state index contributed by atoms with van der Waals surface area (Å²) in [6, 6.07) is 30.9. The molecule has 0 aliphatic heterocycles. The van der Waals surface area contributed by atoms with Gasteiger partial charge in [0.25, 0.3) is 15.9 Å². The Balaban J connectivity index is 1.49. The fourth-order valence-corrected chi connectivity index (χ4v) is 6.84. The van der Waals surface area contributed by atoms with E-state index in [4.69, 9.17) is 4.98 Å². The van der Waals surface area contributed by atoms with Crippen molar-refractivity contribution >= 4 is 48.3 Å². The summed E-state index contributed by atoms with van der Waals surface area (Å²) in [5.41, 5.74) is 3.87. The van der Waals surface area contributed by atoms with Gasteiger partial charge in [-0.05, 0) is 67.4 Å². The van der Waals surface area contributed by atoms with Crippen LogP contribution in [0.3, 0.4) is 0 Å². The number of aryl methyl sites for hydroxylation is 1. The van der Waals surface area contributed by atoms with Gasteiger partial charge in [-0.1, -0.05) is 72.0 Å². The van der Waals surface area contributed by atoms with Crippen molar-refractivity contribution in [3.05, 3.63) is 120 Å². The van der Waals surface area contributed by atoms with Crippen molar-refractivity contribution in [3.8, 4) is 0 Å². The summed E-state index contributed by atoms with van der Waals surface area (Å²) >= 11 is 1.47. The molecule has 0 spiro atoms. The van der Waals surface area contributed by atoms with Gasteiger partial charge in [0.15, 0.2) is 5.13 Å². The molecule has 0 fully saturated rings. The first-order valence-corrected chi connectivity index (χ1v) is 14.5. The van der Waals surface area contributed by atoms with Gasteiger partial charge in [0.2, 0.25) is 0 Å². The van der Waals surface area contributed by atoms with E-state index in [1.165, 1.54) is 27.8 Å². The summed E-state index contributed by atoms with van der Waals surface area (Å²) < 4.78 is 29.2. The first kappa shape index (κ1) is 25.6. The maximum Gasteiger partial charge on any atom is 0.264 e. The van der Waals surface area contributed by atoms with Crippen LogP contribution in [0.15, 0.2) is 108 Å². The standard InChI is InChI=1S/C30H27N3O3S2/c1-3-33(25-14-8-5-9-15-25)38(35,36)26-19-17-24(18-20-26)29(34)32(21-23-12-6-4-7-13-23)30-31-28-22(2)11-10-16-27(28)37-30/h4-20H,3,21H2,1-2H3. The second-order valence-electron chi connectivity index (χ2n) is 8.82. The highest BCUT2D eigenvalue weighted by atomic mass is 32.2. The van der Waals surface area contributed by atoms with Crippen molar-refractivity contribution in [1.82, 2.24) is 4.98 Å². The van der Waals surface area contributed by atoms with Gasteiger partial charge in [-0.25, -0.2) is 13.4 Å². The van der Waals surface area contributed by atoms with Crippen LogP contribution in [0, 0.1) is 6.92 Å². The molecule has 0 unspecified atom stereocenters. The van der Waals surface area contributed by atoms with Gasteiger partial charge >= 0.3 is 0 Å². The number of amides is 1. The van der Waals surface area contributed by atoms with Crippen molar-refractivity contribution in [2.45, 2.75) is 25.3 Å². The van der Waals surface area contributed by atoms with Crippen LogP contribution in [-0.2, 0) is 16.6 Å². The minimum atomic E-state index is -3.79. The maximum absolute atomic E-state index is 13.8. The van der Waals surface area contributed by atoms with Crippen molar-refractivity contribution in [3.63, 3.8) is 0 Å². The van der Waals surface area contributed by atoms with Crippen LogP contribution in [0.25, 0.3) is 10.2 Å². The number of rotatable bonds is 8. The summed E-state index contributed by atoms with van der Waals surface area (Å²) in [5.74, 6) is -0.245. The number of aromatic nitrogens is 1. The molecule has 0 saturated carbocycles. The summed E-state index contributed by atoms with van der Waals surface area (Å²) in [6.07, 6.45) is 0. The molecule has 5 aromatic rings. The Labute approximate surface area is 226 Å². The fraction of sp³-hybridized carbons (Fsp3) is 0.133. The lowest BCUT2D eigenvalue weighted by Gasteiger charge is -2.23. The van der Waals surface area contributed by atoms with Crippen molar-refractivity contribution in [2.75, 3.05) is 15.7 Å². The molecule has 0 saturated heterocycles. The molecular formula is C30H27N3O3S2. The highest BCUT2D eigenvalue weighted by Crippen LogP contribution is 2.32. The topological polar surface area (TPSA) is 70.6 Å². The lowest BCUT2D eigenvalue weighted by Crippen LogP contribution is -2.31. The van der Waals surface area contributed by atoms with Crippen molar-refractivity contribution < 1.29 is 13.2 Å². The zero-order valence-corrected chi connectivity index (χ0v) is 22.7. The van der Waals surface area contributed by atoms with Gasteiger partial charge in [-0.3, -0.25) is 14.0 Å². The van der Waals surface area contributed by atoms with Crippen LogP contribution < -0.4 is 9.21 Å². The molecule has 192 valence electrons. The lowest BCUT2D eigenvalue weighted by molar-refractivity contribution is 0.0985. The minimum Gasteiger partial charge on any atom is -0.279 e. The molecule has 38 heavy (non-hydrogen) atoms. The van der Waals surface area contributed by atoms with E-state index in [1.54, 1.807) is 48.2 Å². The first-order valence-electron chi connectivity index (χ1n) is 12.3. The molecule has 6 nitrogen and oxygen atoms in total. The van der Waals surface area contributed by atoms with Gasteiger partial charge in [0, 0.05) is 12.1 Å². The number of hydrogen-bond donors (Lipinski definition) is 0. The van der Waals surface area contributed by atoms with Crippen molar-refractivity contribution in [1.29, 1.82) is 0 Å². The van der Waals surface area contributed by atoms with E-state index in [1.807, 2.05) is 61.5 Å². The highest BCUT2D eigenvalue weighted by Gasteiger charge is 2.26. The lowest BCUT2D eigenvalue weighted by atomic mass is 10.1. The monoisotopic (exact) mass is 541 g/mol. The molecule has 0 bridgehead atoms. The zero-order chi connectivity index (χ0) is 26.7. The van der Waals surface area contributed by atoms with E-state index in [2.05, 4.69) is 0 Å². The number of sulfonamides is 1. The molecule has 0 aliphatic carbocycles. The number of anilines is 2. The molecule has 0 atom stereocenters. The average molecular weight is 542 g/mol. The number of para-hydroxylation sites is 2. The Morgan fingerprint density at radius 3 is 2.13 bits per heavy atom. The van der Waals surface area contributed by atoms with E-state index in [9.17, 15) is 13.2 Å². The van der Waals surface area contributed by atoms with E-state index < -0.39 is 10.0 Å². The number of benzene rings is 4. The number of carbonyl (C=O) groups is 1. The SMILES string of the molecule is CCN(c1ccccc1)S(=O)(=O)c1ccc(C(=O)N(Cc2ccccc2)c2nc3c(C)cccc3s2)cc1. The van der Waals surface area contributed by atoms with Crippen LogP contribution in [0.4, 0.5) is 10.8 Å². The van der Waals surface area contributed by atoms with Crippen LogP contribution in [-0.4, -0.2) is 25.9 Å². The smallest absolute Gasteiger partial charge is 0.264 e. The molecule has 0 N–H and O–H groups in total. The summed E-state index contributed by atoms with van der Waals surface area (Å²) in [7, 11) is -3.79. The molecule has 8 heteroatoms. The quantitative estimate of drug-likeness (QED) is 0.220. The predicted molar refractivity (Wildman–Crippen MR) is 154 cm³/mol. The Bertz CT molecular complexity index is 1670. The van der Waals surface area contributed by atoms with Gasteiger partial charge in [0.1, 0.15) is 0 Å². The normalized spacial score (nSPS) is 11.4. The second kappa shape index (κ2) is 10.8. The zero-order valence-electron chi connectivity index (χ0n) is 21.1. The van der Waals surface area contributed by atoms with Gasteiger partial charge in [0.05, 0.1) is 27.3 Å². The number of fused-ring (bicyclic) bond motifs is 1. The van der Waals surface area contributed by atoms with Crippen LogP contribution >= 0.6 is 11.3 Å². The van der Waals surface area contributed by atoms with Gasteiger partial charge in [-0.2, -0.15) is 0 Å². The van der Waals surface area contributed by atoms with E-state index in [0.717, 1.165) is 21.3 Å². The summed E-state index contributed by atoms with van der Waals surface area (Å²) in [6.45, 7) is 4.43. The van der Waals surface area contributed by atoms with E-state index >= 15 is 0 Å². The third kappa shape index (κ3) is 5.05. The summed E-state index contributed by atoms with van der Waals surface area (Å²) in [4.78, 5) is 20.4. The highest BCUT2D eigenvalue weighted by molar-refractivity contribution is 7.92. The largest absolute Gasteiger partial charge is 0.279 e. The number of nitrogens with zero attached hydrogens (tertiary/aromatic N) is 3. The molecular weight excluding hydrogens is 514 g/mol. The predicted octanol–water partition coefficient (Wildman–Crippen LogP) is 6.67. The fourth-order valence-electron chi connectivity index (χ4n) is 4.32. The Kier molecular flexibility index (Phi) is 7.26. The van der Waals surface area contributed by atoms with Gasteiger partial charge in [-0.15, -0.1) is 0 Å². The average Bonchev–Trinajstić information content (AvgIpc) is 3.38. The molecule has 5 rings (SSSR count). The Morgan fingerprint density at radius 2 is 1.50 bits per heavy atom. The number of carbonyl (C=O) groups excluding carboxylic acids is 1. The number of hydrogen-bond acceptors (Lipinski definition) is 5. The molecule has 1 heterocycles. The molecule has 4 aromatic carbocycles. The summed E-state index contributed by atoms with van der Waals surface area (Å²) in [5, 5.41) is 0.598. The molecule has 0 aliphatic rings. The maximum atomic E-state index is 13.8. The Morgan fingerprint density at radius 1 is 0.842 bits per heavy atom. The van der Waals surface area contributed by atoms with E-state index in [-0.39, 0.29) is 17.3 Å². The minimum absolute atomic E-state index is 0.130.